The molecule has 2 rings (SSSR count). The van der Waals surface area contributed by atoms with Gasteiger partial charge in [-0.25, -0.2) is 5.43 Å². The molecule has 0 aromatic heterocycles. The summed E-state index contributed by atoms with van der Waals surface area (Å²) in [5.41, 5.74) is 3.44. The number of aliphatic carboxylic acids is 1. The van der Waals surface area contributed by atoms with Crippen LogP contribution in [0.4, 0.5) is 0 Å². The Labute approximate surface area is 143 Å². The number of nitrogens with one attached hydrogen (secondary N) is 1. The van der Waals surface area contributed by atoms with Crippen LogP contribution in [-0.4, -0.2) is 27.8 Å². The first kappa shape index (κ1) is 17.5. The van der Waals surface area contributed by atoms with Gasteiger partial charge in [-0.3, -0.25) is 9.59 Å². The molecule has 0 spiro atoms. The first-order valence-electron chi connectivity index (χ1n) is 7.10. The van der Waals surface area contributed by atoms with E-state index in [9.17, 15) is 14.7 Å². The number of hydrazone groups is 1. The third-order valence-electron chi connectivity index (χ3n) is 3.18. The average molecular weight is 347 g/mol. The van der Waals surface area contributed by atoms with Gasteiger partial charge in [0.15, 0.2) is 0 Å². The molecular weight excluding hydrogens is 332 g/mol. The van der Waals surface area contributed by atoms with Crippen LogP contribution in [0.5, 0.6) is 5.75 Å². The number of aromatic hydroxyl groups is 1. The number of carboxylic acid groups (broad SMARTS) is 1. The number of rotatable bonds is 6. The van der Waals surface area contributed by atoms with Gasteiger partial charge in [-0.15, -0.1) is 0 Å². The Kier molecular flexibility index (Phi) is 5.92. The summed E-state index contributed by atoms with van der Waals surface area (Å²) in [6.07, 6.45) is 0.0349. The van der Waals surface area contributed by atoms with Gasteiger partial charge in [0.05, 0.1) is 17.7 Å². The number of halogens is 1. The zero-order valence-corrected chi connectivity index (χ0v) is 13.3. The van der Waals surface area contributed by atoms with Gasteiger partial charge in [0, 0.05) is 11.4 Å². The number of phenolic OH excluding ortho intramolecular Hbond substituents is 1. The average Bonchev–Trinajstić information content (AvgIpc) is 2.57. The lowest BCUT2D eigenvalue weighted by Gasteiger charge is -2.07. The van der Waals surface area contributed by atoms with E-state index in [1.165, 1.54) is 18.2 Å². The highest BCUT2D eigenvalue weighted by Crippen LogP contribution is 2.21. The van der Waals surface area contributed by atoms with Crippen LogP contribution in [0.15, 0.2) is 53.6 Å². The normalized spacial score (nSPS) is 11.1. The fourth-order valence-corrected chi connectivity index (χ4v) is 2.16. The van der Waals surface area contributed by atoms with Crippen LogP contribution in [0, 0.1) is 0 Å². The van der Waals surface area contributed by atoms with E-state index in [0.29, 0.717) is 16.3 Å². The van der Waals surface area contributed by atoms with Crippen molar-refractivity contribution in [3.63, 3.8) is 0 Å². The van der Waals surface area contributed by atoms with Crippen molar-refractivity contribution >= 4 is 29.2 Å². The molecule has 0 unspecified atom stereocenters. The molecule has 0 radical (unpaired) electrons. The van der Waals surface area contributed by atoms with E-state index in [4.69, 9.17) is 16.7 Å². The third kappa shape index (κ3) is 4.82. The molecule has 0 aliphatic carbocycles. The van der Waals surface area contributed by atoms with Gasteiger partial charge in [-0.1, -0.05) is 41.9 Å². The van der Waals surface area contributed by atoms with E-state index < -0.39 is 11.9 Å². The van der Waals surface area contributed by atoms with Gasteiger partial charge in [0.2, 0.25) is 0 Å². The van der Waals surface area contributed by atoms with Crippen LogP contribution in [0.25, 0.3) is 0 Å². The summed E-state index contributed by atoms with van der Waals surface area (Å²) in [7, 11) is 0. The second-order valence-electron chi connectivity index (χ2n) is 4.92. The Morgan fingerprint density at radius 3 is 2.46 bits per heavy atom. The number of nitrogens with zero attached hydrogens (tertiary/aromatic N) is 1. The Morgan fingerprint density at radius 2 is 1.79 bits per heavy atom. The fraction of sp³-hybridized carbons (Fsp3) is 0.118. The van der Waals surface area contributed by atoms with E-state index in [1.54, 1.807) is 24.3 Å². The van der Waals surface area contributed by atoms with Crippen LogP contribution in [0.2, 0.25) is 5.02 Å². The second-order valence-corrected chi connectivity index (χ2v) is 5.36. The lowest BCUT2D eigenvalue weighted by molar-refractivity contribution is -0.136. The number of hydrogen-bond donors (Lipinski definition) is 3. The Morgan fingerprint density at radius 1 is 1.08 bits per heavy atom. The predicted octanol–water partition coefficient (Wildman–Crippen LogP) is 3.04. The summed E-state index contributed by atoms with van der Waals surface area (Å²) in [6.45, 7) is 0. The van der Waals surface area contributed by atoms with E-state index >= 15 is 0 Å². The minimum absolute atomic E-state index is 0.0168. The molecule has 0 heterocycles. The van der Waals surface area contributed by atoms with Crippen molar-refractivity contribution in [3.8, 4) is 5.75 Å². The maximum atomic E-state index is 12.1. The number of phenols is 1. The monoisotopic (exact) mass is 346 g/mol. The summed E-state index contributed by atoms with van der Waals surface area (Å²) in [6, 6.07) is 13.0. The summed E-state index contributed by atoms with van der Waals surface area (Å²) in [5.74, 6) is -1.82. The van der Waals surface area contributed by atoms with Crippen LogP contribution < -0.4 is 5.43 Å². The van der Waals surface area contributed by atoms with Crippen molar-refractivity contribution < 1.29 is 19.8 Å². The SMILES string of the molecule is O=C(O)CC/C(=N/NC(=O)c1cc(Cl)ccc1O)c1ccccc1. The van der Waals surface area contributed by atoms with E-state index in [2.05, 4.69) is 10.5 Å². The maximum Gasteiger partial charge on any atom is 0.303 e. The number of benzene rings is 2. The highest BCUT2D eigenvalue weighted by molar-refractivity contribution is 6.31. The number of carbonyl (C=O) groups excluding carboxylic acids is 1. The van der Waals surface area contributed by atoms with Crippen molar-refractivity contribution in [2.24, 2.45) is 5.10 Å². The molecule has 7 heteroatoms. The van der Waals surface area contributed by atoms with E-state index in [0.717, 1.165) is 0 Å². The number of carboxylic acids is 1. The van der Waals surface area contributed by atoms with Crippen LogP contribution >= 0.6 is 11.6 Å². The van der Waals surface area contributed by atoms with Gasteiger partial charge in [0.25, 0.3) is 5.91 Å². The largest absolute Gasteiger partial charge is 0.507 e. The molecule has 0 atom stereocenters. The zero-order chi connectivity index (χ0) is 17.5. The summed E-state index contributed by atoms with van der Waals surface area (Å²) < 4.78 is 0. The highest BCUT2D eigenvalue weighted by atomic mass is 35.5. The zero-order valence-electron chi connectivity index (χ0n) is 12.6. The summed E-state index contributed by atoms with van der Waals surface area (Å²) in [4.78, 5) is 22.9. The lowest BCUT2D eigenvalue weighted by Crippen LogP contribution is -2.20. The second kappa shape index (κ2) is 8.12. The third-order valence-corrected chi connectivity index (χ3v) is 3.41. The number of amides is 1. The molecule has 0 aliphatic heterocycles. The standard InChI is InChI=1S/C17H15ClN2O4/c18-12-6-8-15(21)13(10-12)17(24)20-19-14(7-9-16(22)23)11-4-2-1-3-5-11/h1-6,8,10,21H,7,9H2,(H,20,24)(H,22,23)/b19-14-. The minimum atomic E-state index is -0.961. The van der Waals surface area contributed by atoms with Crippen LogP contribution in [0.1, 0.15) is 28.8 Å². The Balaban J connectivity index is 2.21. The van der Waals surface area contributed by atoms with Gasteiger partial charge in [-0.2, -0.15) is 5.10 Å². The number of carbonyl (C=O) groups is 2. The molecule has 0 bridgehead atoms. The highest BCUT2D eigenvalue weighted by Gasteiger charge is 2.12. The lowest BCUT2D eigenvalue weighted by atomic mass is 10.1. The molecule has 124 valence electrons. The molecule has 3 N–H and O–H groups in total. The Bertz CT molecular complexity index is 775. The summed E-state index contributed by atoms with van der Waals surface area (Å²) in [5, 5.41) is 22.9. The van der Waals surface area contributed by atoms with Crippen molar-refractivity contribution in [1.29, 1.82) is 0 Å². The van der Waals surface area contributed by atoms with Crippen molar-refractivity contribution in [3.05, 3.63) is 64.7 Å². The summed E-state index contributed by atoms with van der Waals surface area (Å²) >= 11 is 5.81. The van der Waals surface area contributed by atoms with E-state index in [-0.39, 0.29) is 24.2 Å². The van der Waals surface area contributed by atoms with Gasteiger partial charge < -0.3 is 10.2 Å². The molecule has 0 fully saturated rings. The molecule has 0 aliphatic rings. The maximum absolute atomic E-state index is 12.1. The van der Waals surface area contributed by atoms with Gasteiger partial charge in [0.1, 0.15) is 5.75 Å². The van der Waals surface area contributed by atoms with Crippen LogP contribution in [0.3, 0.4) is 0 Å². The first-order chi connectivity index (χ1) is 11.5. The van der Waals surface area contributed by atoms with Gasteiger partial charge in [-0.05, 0) is 23.8 Å². The molecule has 2 aromatic carbocycles. The minimum Gasteiger partial charge on any atom is -0.507 e. The fourth-order valence-electron chi connectivity index (χ4n) is 1.99. The molecule has 24 heavy (non-hydrogen) atoms. The van der Waals surface area contributed by atoms with E-state index in [1.807, 2.05) is 6.07 Å². The van der Waals surface area contributed by atoms with Crippen molar-refractivity contribution in [2.45, 2.75) is 12.8 Å². The van der Waals surface area contributed by atoms with Gasteiger partial charge >= 0.3 is 5.97 Å². The first-order valence-corrected chi connectivity index (χ1v) is 7.48. The molecule has 1 amide bonds. The van der Waals surface area contributed by atoms with Crippen LogP contribution in [-0.2, 0) is 4.79 Å². The smallest absolute Gasteiger partial charge is 0.303 e. The molecular formula is C17H15ClN2O4. The molecule has 6 nitrogen and oxygen atoms in total. The quantitative estimate of drug-likeness (QED) is 0.553. The molecule has 2 aromatic rings. The molecule has 0 saturated heterocycles. The predicted molar refractivity (Wildman–Crippen MR) is 90.4 cm³/mol. The molecule has 0 saturated carbocycles. The topological polar surface area (TPSA) is 99.0 Å². The van der Waals surface area contributed by atoms with Crippen molar-refractivity contribution in [2.75, 3.05) is 0 Å². The van der Waals surface area contributed by atoms with Crippen molar-refractivity contribution in [1.82, 2.24) is 5.43 Å². The Hall–Kier alpha value is -2.86. The number of hydrogen-bond acceptors (Lipinski definition) is 4.